The lowest BCUT2D eigenvalue weighted by Crippen LogP contribution is -2.50. The second-order valence-corrected chi connectivity index (χ2v) is 14.3. The number of aryl methyl sites for hydroxylation is 1. The molecule has 2 amide bonds. The molecule has 246 valence electrons. The van der Waals surface area contributed by atoms with E-state index in [2.05, 4.69) is 5.32 Å². The number of amides is 2. The molecule has 0 aliphatic carbocycles. The van der Waals surface area contributed by atoms with Gasteiger partial charge in [0, 0.05) is 49.1 Å². The summed E-state index contributed by atoms with van der Waals surface area (Å²) >= 11 is 12.4. The number of sulfonamides is 1. The molecule has 4 aromatic rings. The summed E-state index contributed by atoms with van der Waals surface area (Å²) in [5.41, 5.74) is 3.00. The maximum Gasteiger partial charge on any atom is 0.243 e. The van der Waals surface area contributed by atoms with E-state index in [1.807, 2.05) is 30.3 Å². The fraction of sp³-hybridized carbons (Fsp3) is 0.278. The second kappa shape index (κ2) is 15.9. The number of carbonyl (C=O) groups excluding carboxylic acids is 2. The van der Waals surface area contributed by atoms with E-state index in [-0.39, 0.29) is 42.6 Å². The Hall–Kier alpha value is -3.76. The Morgan fingerprint density at radius 3 is 2.17 bits per heavy atom. The van der Waals surface area contributed by atoms with Crippen LogP contribution in [0.2, 0.25) is 10.0 Å². The van der Waals surface area contributed by atoms with Crippen molar-refractivity contribution < 1.29 is 22.4 Å². The third kappa shape index (κ3) is 9.20. The van der Waals surface area contributed by atoms with E-state index in [1.54, 1.807) is 54.6 Å². The maximum atomic E-state index is 14.0. The van der Waals surface area contributed by atoms with Crippen LogP contribution in [-0.2, 0) is 45.5 Å². The zero-order valence-electron chi connectivity index (χ0n) is 25.7. The Morgan fingerprint density at radius 2 is 1.51 bits per heavy atom. The fourth-order valence-corrected chi connectivity index (χ4v) is 7.60. The molecular weight excluding hydrogens is 660 g/mol. The van der Waals surface area contributed by atoms with Crippen LogP contribution < -0.4 is 5.32 Å². The van der Waals surface area contributed by atoms with Crippen molar-refractivity contribution in [3.05, 3.63) is 135 Å². The summed E-state index contributed by atoms with van der Waals surface area (Å²) in [7, 11) is -3.55. The molecule has 1 saturated heterocycles. The first-order chi connectivity index (χ1) is 22.6. The predicted octanol–water partition coefficient (Wildman–Crippen LogP) is 6.81. The van der Waals surface area contributed by atoms with Crippen LogP contribution in [0.5, 0.6) is 0 Å². The normalized spacial score (nSPS) is 14.1. The number of halogens is 3. The van der Waals surface area contributed by atoms with E-state index < -0.39 is 21.9 Å². The topological polar surface area (TPSA) is 86.8 Å². The van der Waals surface area contributed by atoms with Crippen LogP contribution in [0.4, 0.5) is 4.39 Å². The molecule has 0 saturated carbocycles. The summed E-state index contributed by atoms with van der Waals surface area (Å²) in [6.07, 6.45) is 2.36. The number of nitrogens with one attached hydrogen (secondary N) is 1. The van der Waals surface area contributed by atoms with Gasteiger partial charge in [0.1, 0.15) is 11.9 Å². The number of carbonyl (C=O) groups is 2. The average molecular weight is 697 g/mol. The summed E-state index contributed by atoms with van der Waals surface area (Å²) in [5, 5.41) is 3.84. The van der Waals surface area contributed by atoms with Gasteiger partial charge in [0.25, 0.3) is 0 Å². The van der Waals surface area contributed by atoms with Gasteiger partial charge in [-0.05, 0) is 77.9 Å². The second-order valence-electron chi connectivity index (χ2n) is 11.6. The van der Waals surface area contributed by atoms with Crippen molar-refractivity contribution in [3.8, 4) is 0 Å². The summed E-state index contributed by atoms with van der Waals surface area (Å²) < 4.78 is 41.2. The lowest BCUT2D eigenvalue weighted by molar-refractivity contribution is -0.141. The van der Waals surface area contributed by atoms with Gasteiger partial charge < -0.3 is 10.2 Å². The number of hydrogen-bond donors (Lipinski definition) is 1. The van der Waals surface area contributed by atoms with Crippen molar-refractivity contribution >= 4 is 45.0 Å². The molecule has 1 aliphatic heterocycles. The lowest BCUT2D eigenvalue weighted by atomic mass is 10.0. The van der Waals surface area contributed by atoms with Crippen molar-refractivity contribution in [2.45, 2.75) is 56.1 Å². The molecule has 0 bridgehead atoms. The molecule has 1 aliphatic rings. The molecule has 0 unspecified atom stereocenters. The number of hydrogen-bond acceptors (Lipinski definition) is 4. The van der Waals surface area contributed by atoms with Gasteiger partial charge >= 0.3 is 0 Å². The summed E-state index contributed by atoms with van der Waals surface area (Å²) in [6.45, 7) is 1.25. The molecule has 5 rings (SSSR count). The highest BCUT2D eigenvalue weighted by Gasteiger charge is 2.31. The van der Waals surface area contributed by atoms with Crippen molar-refractivity contribution in [1.29, 1.82) is 0 Å². The van der Waals surface area contributed by atoms with Crippen LogP contribution >= 0.6 is 23.2 Å². The van der Waals surface area contributed by atoms with Crippen molar-refractivity contribution in [3.63, 3.8) is 0 Å². The van der Waals surface area contributed by atoms with Gasteiger partial charge in [-0.1, -0.05) is 83.9 Å². The first kappa shape index (κ1) is 34.6. The molecule has 1 fully saturated rings. The van der Waals surface area contributed by atoms with E-state index in [4.69, 9.17) is 23.2 Å². The lowest BCUT2D eigenvalue weighted by Gasteiger charge is -2.32. The van der Waals surface area contributed by atoms with Crippen molar-refractivity contribution in [2.24, 2.45) is 0 Å². The Morgan fingerprint density at radius 1 is 0.851 bits per heavy atom. The molecular formula is C36H36Cl2FN3O4S. The van der Waals surface area contributed by atoms with Crippen molar-refractivity contribution in [1.82, 2.24) is 14.5 Å². The Labute approximate surface area is 285 Å². The molecule has 47 heavy (non-hydrogen) atoms. The first-order valence-electron chi connectivity index (χ1n) is 15.5. The Bertz CT molecular complexity index is 1780. The molecule has 0 radical (unpaired) electrons. The van der Waals surface area contributed by atoms with Crippen LogP contribution in [0.3, 0.4) is 0 Å². The largest absolute Gasteiger partial charge is 0.350 e. The fourth-order valence-electron chi connectivity index (χ4n) is 5.61. The molecule has 4 aromatic carbocycles. The van der Waals surface area contributed by atoms with Gasteiger partial charge in [0.15, 0.2) is 0 Å². The quantitative estimate of drug-likeness (QED) is 0.167. The molecule has 1 atom stereocenters. The summed E-state index contributed by atoms with van der Waals surface area (Å²) in [4.78, 5) is 29.7. The van der Waals surface area contributed by atoms with Gasteiger partial charge in [0.05, 0.1) is 4.90 Å². The number of benzene rings is 4. The third-order valence-corrected chi connectivity index (χ3v) is 10.8. The number of nitrogens with zero attached hydrogens (tertiary/aromatic N) is 2. The first-order valence-corrected chi connectivity index (χ1v) is 17.7. The van der Waals surface area contributed by atoms with Crippen LogP contribution in [-0.4, -0.2) is 48.6 Å². The van der Waals surface area contributed by atoms with Gasteiger partial charge in [-0.3, -0.25) is 9.59 Å². The van der Waals surface area contributed by atoms with E-state index in [0.29, 0.717) is 40.7 Å². The van der Waals surface area contributed by atoms with Crippen LogP contribution in [0, 0.1) is 5.82 Å². The Kier molecular flexibility index (Phi) is 11.7. The molecule has 11 heteroatoms. The summed E-state index contributed by atoms with van der Waals surface area (Å²) in [5.74, 6) is -1.05. The number of rotatable bonds is 13. The zero-order chi connectivity index (χ0) is 33.4. The van der Waals surface area contributed by atoms with Gasteiger partial charge in [-0.15, -0.1) is 0 Å². The van der Waals surface area contributed by atoms with Crippen LogP contribution in [0.1, 0.15) is 41.5 Å². The minimum atomic E-state index is -3.55. The minimum Gasteiger partial charge on any atom is -0.350 e. The van der Waals surface area contributed by atoms with Crippen LogP contribution in [0.15, 0.2) is 102 Å². The molecule has 7 nitrogen and oxygen atoms in total. The molecule has 1 heterocycles. The highest BCUT2D eigenvalue weighted by Crippen LogP contribution is 2.24. The van der Waals surface area contributed by atoms with E-state index in [1.165, 1.54) is 21.3 Å². The van der Waals surface area contributed by atoms with Gasteiger partial charge in [0.2, 0.25) is 21.8 Å². The SMILES string of the molecule is O=C(NCc1ccc(Cl)cc1Cl)[C@H](Cc1ccccc1)N(Cc1ccc(F)cc1)C(=O)CCc1ccc(S(=O)(=O)N2CCCC2)cc1. The zero-order valence-corrected chi connectivity index (χ0v) is 28.1. The highest BCUT2D eigenvalue weighted by atomic mass is 35.5. The maximum absolute atomic E-state index is 14.0. The highest BCUT2D eigenvalue weighted by molar-refractivity contribution is 7.89. The van der Waals surface area contributed by atoms with Gasteiger partial charge in [-0.2, -0.15) is 4.31 Å². The minimum absolute atomic E-state index is 0.0704. The smallest absolute Gasteiger partial charge is 0.243 e. The average Bonchev–Trinajstić information content (AvgIpc) is 3.63. The molecule has 0 aromatic heterocycles. The predicted molar refractivity (Wildman–Crippen MR) is 182 cm³/mol. The van der Waals surface area contributed by atoms with Gasteiger partial charge in [-0.25, -0.2) is 12.8 Å². The third-order valence-electron chi connectivity index (χ3n) is 8.26. The molecule has 1 N–H and O–H groups in total. The summed E-state index contributed by atoms with van der Waals surface area (Å²) in [6, 6.07) is 26.0. The van der Waals surface area contributed by atoms with Crippen LogP contribution in [0.25, 0.3) is 0 Å². The van der Waals surface area contributed by atoms with E-state index in [9.17, 15) is 22.4 Å². The standard InChI is InChI=1S/C36H36Cl2FN3O4S/c37-30-14-13-29(33(38)23-30)24-40-36(44)34(22-27-6-2-1-3-7-27)42(25-28-8-15-31(39)16-9-28)35(43)19-12-26-10-17-32(18-11-26)47(45,46)41-20-4-5-21-41/h1-3,6-11,13-18,23,34H,4-5,12,19-22,24-25H2,(H,40,44)/t34-/m0/s1. The monoisotopic (exact) mass is 695 g/mol. The van der Waals surface area contributed by atoms with E-state index in [0.717, 1.165) is 24.0 Å². The Balaban J connectivity index is 1.37. The molecule has 0 spiro atoms. The van der Waals surface area contributed by atoms with E-state index >= 15 is 0 Å². The van der Waals surface area contributed by atoms with Crippen molar-refractivity contribution in [2.75, 3.05) is 13.1 Å².